The van der Waals surface area contributed by atoms with Crippen LogP contribution in [0.4, 0.5) is 10.5 Å². The summed E-state index contributed by atoms with van der Waals surface area (Å²) in [7, 11) is 0. The molecule has 19 heavy (non-hydrogen) atoms. The van der Waals surface area contributed by atoms with Crippen molar-refractivity contribution in [1.29, 1.82) is 0 Å². The van der Waals surface area contributed by atoms with Crippen LogP contribution in [0.1, 0.15) is 24.4 Å². The average molecular weight is 260 g/mol. The number of nitrogens with one attached hydrogen (secondary N) is 2. The zero-order chi connectivity index (χ0) is 13.7. The van der Waals surface area contributed by atoms with Gasteiger partial charge in [-0.3, -0.25) is 0 Å². The van der Waals surface area contributed by atoms with E-state index in [1.807, 2.05) is 0 Å². The van der Waals surface area contributed by atoms with Gasteiger partial charge in [0.15, 0.2) is 0 Å². The first-order chi connectivity index (χ1) is 9.15. The third-order valence-electron chi connectivity index (χ3n) is 2.65. The molecule has 3 N–H and O–H groups in total. The van der Waals surface area contributed by atoms with Gasteiger partial charge in [0.2, 0.25) is 0 Å². The summed E-state index contributed by atoms with van der Waals surface area (Å²) in [5.74, 6) is 0.694. The fourth-order valence-corrected chi connectivity index (χ4v) is 1.60. The molecule has 1 aromatic heterocycles. The first kappa shape index (κ1) is 13.2. The summed E-state index contributed by atoms with van der Waals surface area (Å²) in [5.41, 5.74) is 1.47. The summed E-state index contributed by atoms with van der Waals surface area (Å²) in [4.78, 5) is 11.6. The van der Waals surface area contributed by atoms with Gasteiger partial charge in [0.05, 0.1) is 18.9 Å². The van der Waals surface area contributed by atoms with Crippen LogP contribution in [0.3, 0.4) is 0 Å². The molecule has 5 nitrogen and oxygen atoms in total. The van der Waals surface area contributed by atoms with Crippen molar-refractivity contribution in [3.05, 3.63) is 54.0 Å². The van der Waals surface area contributed by atoms with Gasteiger partial charge in [-0.2, -0.15) is 0 Å². The van der Waals surface area contributed by atoms with Crippen LogP contribution in [-0.4, -0.2) is 11.1 Å². The number of carbonyl (C=O) groups is 1. The van der Waals surface area contributed by atoms with E-state index in [0.29, 0.717) is 18.0 Å². The number of furan rings is 1. The van der Waals surface area contributed by atoms with Gasteiger partial charge in [-0.1, -0.05) is 12.1 Å². The predicted molar refractivity (Wildman–Crippen MR) is 71.6 cm³/mol. The first-order valence-electron chi connectivity index (χ1n) is 6.00. The van der Waals surface area contributed by atoms with Gasteiger partial charge in [-0.25, -0.2) is 4.79 Å². The summed E-state index contributed by atoms with van der Waals surface area (Å²) >= 11 is 0. The molecule has 2 aromatic rings. The summed E-state index contributed by atoms with van der Waals surface area (Å²) in [6.07, 6.45) is 1.05. The summed E-state index contributed by atoms with van der Waals surface area (Å²) in [6.45, 7) is 2.03. The Hall–Kier alpha value is -2.27. The van der Waals surface area contributed by atoms with Gasteiger partial charge in [-0.05, 0) is 36.8 Å². The molecule has 0 fully saturated rings. The van der Waals surface area contributed by atoms with Gasteiger partial charge < -0.3 is 20.2 Å². The molecule has 0 aliphatic carbocycles. The number of hydrogen-bond acceptors (Lipinski definition) is 3. The Labute approximate surface area is 111 Å². The lowest BCUT2D eigenvalue weighted by molar-refractivity contribution is 0.199. The Morgan fingerprint density at radius 1 is 1.32 bits per heavy atom. The van der Waals surface area contributed by atoms with E-state index in [1.165, 1.54) is 0 Å². The number of hydrogen-bond donors (Lipinski definition) is 3. The Balaban J connectivity index is 1.84. The fourth-order valence-electron chi connectivity index (χ4n) is 1.60. The van der Waals surface area contributed by atoms with Crippen LogP contribution in [0.5, 0.6) is 0 Å². The lowest BCUT2D eigenvalue weighted by Gasteiger charge is -2.08. The van der Waals surface area contributed by atoms with E-state index in [1.54, 1.807) is 49.6 Å². The molecule has 2 rings (SSSR count). The van der Waals surface area contributed by atoms with Crippen LogP contribution >= 0.6 is 0 Å². The number of amides is 2. The van der Waals surface area contributed by atoms with E-state index in [-0.39, 0.29) is 6.03 Å². The minimum Gasteiger partial charge on any atom is -0.467 e. The van der Waals surface area contributed by atoms with Gasteiger partial charge in [-0.15, -0.1) is 0 Å². The molecule has 0 spiro atoms. The molecule has 0 saturated carbocycles. The molecule has 100 valence electrons. The Bertz CT molecular complexity index is 518. The number of aliphatic hydroxyl groups is 1. The molecule has 1 aromatic carbocycles. The van der Waals surface area contributed by atoms with E-state index < -0.39 is 6.10 Å². The van der Waals surface area contributed by atoms with Gasteiger partial charge >= 0.3 is 6.03 Å². The zero-order valence-electron chi connectivity index (χ0n) is 10.6. The quantitative estimate of drug-likeness (QED) is 0.791. The molecule has 0 bridgehead atoms. The van der Waals surface area contributed by atoms with Gasteiger partial charge in [0, 0.05) is 5.69 Å². The molecule has 0 aliphatic rings. The number of rotatable bonds is 4. The number of carbonyl (C=O) groups excluding carboxylic acids is 1. The second kappa shape index (κ2) is 6.06. The highest BCUT2D eigenvalue weighted by molar-refractivity contribution is 5.89. The Morgan fingerprint density at radius 2 is 2.05 bits per heavy atom. The number of benzene rings is 1. The molecule has 0 aliphatic heterocycles. The highest BCUT2D eigenvalue weighted by Gasteiger charge is 2.04. The molecule has 1 atom stereocenters. The molecule has 2 amide bonds. The predicted octanol–water partition coefficient (Wildman–Crippen LogP) is 2.65. The number of urea groups is 1. The van der Waals surface area contributed by atoms with Crippen LogP contribution < -0.4 is 10.6 Å². The zero-order valence-corrected chi connectivity index (χ0v) is 10.6. The van der Waals surface area contributed by atoms with Crippen molar-refractivity contribution in [1.82, 2.24) is 5.32 Å². The van der Waals surface area contributed by atoms with Crippen molar-refractivity contribution < 1.29 is 14.3 Å². The largest absolute Gasteiger partial charge is 0.467 e. The number of aliphatic hydroxyl groups excluding tert-OH is 1. The maximum Gasteiger partial charge on any atom is 0.319 e. The van der Waals surface area contributed by atoms with Crippen molar-refractivity contribution in [3.8, 4) is 0 Å². The minimum atomic E-state index is -0.512. The average Bonchev–Trinajstić information content (AvgIpc) is 2.90. The van der Waals surface area contributed by atoms with Gasteiger partial charge in [0.1, 0.15) is 5.76 Å². The van der Waals surface area contributed by atoms with Crippen LogP contribution in [0.25, 0.3) is 0 Å². The normalized spacial score (nSPS) is 11.9. The van der Waals surface area contributed by atoms with Crippen molar-refractivity contribution in [2.75, 3.05) is 5.32 Å². The van der Waals surface area contributed by atoms with Gasteiger partial charge in [0.25, 0.3) is 0 Å². The van der Waals surface area contributed by atoms with Crippen molar-refractivity contribution >= 4 is 11.7 Å². The van der Waals surface area contributed by atoms with E-state index in [4.69, 9.17) is 4.42 Å². The maximum atomic E-state index is 11.6. The highest BCUT2D eigenvalue weighted by Crippen LogP contribution is 2.15. The molecular weight excluding hydrogens is 244 g/mol. The summed E-state index contributed by atoms with van der Waals surface area (Å²) < 4.78 is 5.11. The van der Waals surface area contributed by atoms with Crippen LogP contribution in [-0.2, 0) is 6.54 Å². The van der Waals surface area contributed by atoms with Crippen LogP contribution in [0.2, 0.25) is 0 Å². The molecule has 1 heterocycles. The van der Waals surface area contributed by atoms with E-state index in [9.17, 15) is 9.90 Å². The third kappa shape index (κ3) is 3.86. The fraction of sp³-hybridized carbons (Fsp3) is 0.214. The van der Waals surface area contributed by atoms with E-state index in [2.05, 4.69) is 10.6 Å². The molecular formula is C14H16N2O3. The van der Waals surface area contributed by atoms with Crippen molar-refractivity contribution in [2.45, 2.75) is 19.6 Å². The van der Waals surface area contributed by atoms with Crippen molar-refractivity contribution in [3.63, 3.8) is 0 Å². The van der Waals surface area contributed by atoms with Crippen molar-refractivity contribution in [2.24, 2.45) is 0 Å². The lowest BCUT2D eigenvalue weighted by atomic mass is 10.1. The second-order valence-electron chi connectivity index (χ2n) is 4.19. The summed E-state index contributed by atoms with van der Waals surface area (Å²) in [5, 5.41) is 14.8. The number of anilines is 1. The van der Waals surface area contributed by atoms with Crippen LogP contribution in [0, 0.1) is 0 Å². The van der Waals surface area contributed by atoms with E-state index in [0.717, 1.165) is 5.56 Å². The van der Waals surface area contributed by atoms with E-state index >= 15 is 0 Å². The molecule has 0 radical (unpaired) electrons. The maximum absolute atomic E-state index is 11.6. The minimum absolute atomic E-state index is 0.304. The monoisotopic (exact) mass is 260 g/mol. The first-order valence-corrected chi connectivity index (χ1v) is 6.00. The summed E-state index contributed by atoms with van der Waals surface area (Å²) in [6, 6.07) is 10.3. The SMILES string of the molecule is CC(O)c1ccc(NC(=O)NCc2ccco2)cc1. The van der Waals surface area contributed by atoms with Crippen LogP contribution in [0.15, 0.2) is 47.1 Å². The third-order valence-corrected chi connectivity index (χ3v) is 2.65. The lowest BCUT2D eigenvalue weighted by Crippen LogP contribution is -2.27. The molecule has 5 heteroatoms. The Kier molecular flexibility index (Phi) is 4.20. The highest BCUT2D eigenvalue weighted by atomic mass is 16.3. The second-order valence-corrected chi connectivity index (χ2v) is 4.19. The standard InChI is InChI=1S/C14H16N2O3/c1-10(17)11-4-6-12(7-5-11)16-14(18)15-9-13-3-2-8-19-13/h2-8,10,17H,9H2,1H3,(H2,15,16,18). The topological polar surface area (TPSA) is 74.5 Å². The molecule has 0 saturated heterocycles. The smallest absolute Gasteiger partial charge is 0.319 e. The molecule has 1 unspecified atom stereocenters. The Morgan fingerprint density at radius 3 is 2.63 bits per heavy atom.